The molecule has 26 heavy (non-hydrogen) atoms. The fourth-order valence-electron chi connectivity index (χ4n) is 4.18. The predicted octanol–water partition coefficient (Wildman–Crippen LogP) is 0.464. The summed E-state index contributed by atoms with van der Waals surface area (Å²) in [4.78, 5) is 38.0. The van der Waals surface area contributed by atoms with Gasteiger partial charge in [0.25, 0.3) is 5.91 Å². The van der Waals surface area contributed by atoms with Gasteiger partial charge < -0.3 is 10.2 Å². The molecular formula is C18H24N6O2. The van der Waals surface area contributed by atoms with Crippen molar-refractivity contribution in [1.29, 1.82) is 0 Å². The number of imidazole rings is 1. The lowest BCUT2D eigenvalue weighted by atomic mass is 9.86. The van der Waals surface area contributed by atoms with Crippen molar-refractivity contribution in [3.63, 3.8) is 0 Å². The molecule has 2 fully saturated rings. The molecule has 0 aromatic carbocycles. The molecule has 2 amide bonds. The molecule has 1 spiro atoms. The average molecular weight is 356 g/mol. The Labute approximate surface area is 152 Å². The Morgan fingerprint density at radius 2 is 2.15 bits per heavy atom. The van der Waals surface area contributed by atoms with Crippen LogP contribution >= 0.6 is 0 Å². The van der Waals surface area contributed by atoms with Gasteiger partial charge in [-0.2, -0.15) is 0 Å². The molecule has 1 N–H and O–H groups in total. The highest BCUT2D eigenvalue weighted by Gasteiger charge is 2.42. The fraction of sp³-hybridized carbons (Fsp3) is 0.556. The van der Waals surface area contributed by atoms with Crippen LogP contribution in [0.4, 0.5) is 0 Å². The largest absolute Gasteiger partial charge is 0.356 e. The Morgan fingerprint density at radius 1 is 1.31 bits per heavy atom. The van der Waals surface area contributed by atoms with E-state index in [0.29, 0.717) is 43.2 Å². The Kier molecular flexibility index (Phi) is 4.14. The molecule has 2 aromatic heterocycles. The minimum Gasteiger partial charge on any atom is -0.356 e. The number of likely N-dealkylation sites (N-methyl/N-ethyl adjacent to an activating group) is 1. The Hall–Kier alpha value is -2.48. The van der Waals surface area contributed by atoms with Gasteiger partial charge in [0.05, 0.1) is 5.69 Å². The zero-order valence-corrected chi connectivity index (χ0v) is 15.2. The van der Waals surface area contributed by atoms with Gasteiger partial charge in [-0.3, -0.25) is 18.9 Å². The molecule has 2 saturated heterocycles. The van der Waals surface area contributed by atoms with Crippen molar-refractivity contribution < 1.29 is 9.59 Å². The minimum absolute atomic E-state index is 0.0148. The third-order valence-corrected chi connectivity index (χ3v) is 5.80. The zero-order valence-electron chi connectivity index (χ0n) is 15.2. The molecule has 1 atom stereocenters. The van der Waals surface area contributed by atoms with E-state index in [1.807, 2.05) is 18.0 Å². The topological polar surface area (TPSA) is 82.8 Å². The highest BCUT2D eigenvalue weighted by atomic mass is 16.2. The maximum atomic E-state index is 13.3. The van der Waals surface area contributed by atoms with Crippen molar-refractivity contribution in [3.8, 4) is 0 Å². The summed E-state index contributed by atoms with van der Waals surface area (Å²) in [6.45, 7) is 4.61. The van der Waals surface area contributed by atoms with Crippen LogP contribution in [-0.2, 0) is 4.79 Å². The third-order valence-electron chi connectivity index (χ3n) is 5.80. The van der Waals surface area contributed by atoms with E-state index in [9.17, 15) is 9.59 Å². The molecule has 0 saturated carbocycles. The number of amides is 2. The highest BCUT2D eigenvalue weighted by molar-refractivity contribution is 5.94. The summed E-state index contributed by atoms with van der Waals surface area (Å²) in [6.07, 6.45) is 5.64. The van der Waals surface area contributed by atoms with Gasteiger partial charge in [0.2, 0.25) is 11.7 Å². The first-order valence-electron chi connectivity index (χ1n) is 9.07. The number of aryl methyl sites for hydroxylation is 1. The number of hydrogen-bond acceptors (Lipinski definition) is 5. The molecule has 2 aliphatic heterocycles. The van der Waals surface area contributed by atoms with Crippen molar-refractivity contribution in [2.75, 3.05) is 33.2 Å². The summed E-state index contributed by atoms with van der Waals surface area (Å²) in [6, 6.07) is 1.80. The summed E-state index contributed by atoms with van der Waals surface area (Å²) in [7, 11) is 2.10. The molecule has 2 aliphatic rings. The van der Waals surface area contributed by atoms with Crippen molar-refractivity contribution in [1.82, 2.24) is 29.5 Å². The van der Waals surface area contributed by atoms with Gasteiger partial charge in [0.1, 0.15) is 5.69 Å². The monoisotopic (exact) mass is 356 g/mol. The van der Waals surface area contributed by atoms with Crippen LogP contribution in [0.5, 0.6) is 0 Å². The molecule has 0 radical (unpaired) electrons. The standard InChI is InChI=1S/C18H24N6O2/c1-13-15(24-9-3-7-20-17(24)21-13)16(26)23-11-10-22(2)18(12-23)5-4-14(25)19-8-6-18/h3,7,9H,4-6,8,10-12H2,1-2H3,(H,19,25). The number of carbonyl (C=O) groups excluding carboxylic acids is 2. The smallest absolute Gasteiger partial charge is 0.272 e. The van der Waals surface area contributed by atoms with Crippen molar-refractivity contribution in [3.05, 3.63) is 29.8 Å². The van der Waals surface area contributed by atoms with Crippen LogP contribution in [0.25, 0.3) is 5.78 Å². The Morgan fingerprint density at radius 3 is 3.00 bits per heavy atom. The summed E-state index contributed by atoms with van der Waals surface area (Å²) >= 11 is 0. The lowest BCUT2D eigenvalue weighted by Crippen LogP contribution is -2.62. The maximum absolute atomic E-state index is 13.3. The van der Waals surface area contributed by atoms with Gasteiger partial charge in [0.15, 0.2) is 0 Å². The molecule has 1 unspecified atom stereocenters. The van der Waals surface area contributed by atoms with E-state index in [0.717, 1.165) is 19.4 Å². The Bertz CT molecular complexity index is 862. The van der Waals surface area contributed by atoms with Crippen LogP contribution < -0.4 is 5.32 Å². The van der Waals surface area contributed by atoms with Gasteiger partial charge in [0, 0.05) is 50.5 Å². The van der Waals surface area contributed by atoms with Crippen LogP contribution in [0, 0.1) is 6.92 Å². The Balaban J connectivity index is 1.64. The van der Waals surface area contributed by atoms with Crippen LogP contribution in [-0.4, -0.2) is 74.7 Å². The number of fused-ring (bicyclic) bond motifs is 1. The first-order valence-corrected chi connectivity index (χ1v) is 9.07. The van der Waals surface area contributed by atoms with Crippen LogP contribution in [0.2, 0.25) is 0 Å². The third kappa shape index (κ3) is 2.74. The molecule has 2 aromatic rings. The first-order chi connectivity index (χ1) is 12.5. The van der Waals surface area contributed by atoms with Gasteiger partial charge in [-0.05, 0) is 32.9 Å². The van der Waals surface area contributed by atoms with Gasteiger partial charge in [-0.25, -0.2) is 9.97 Å². The van der Waals surface area contributed by atoms with E-state index in [4.69, 9.17) is 0 Å². The molecule has 8 heteroatoms. The predicted molar refractivity (Wildman–Crippen MR) is 95.8 cm³/mol. The number of piperazine rings is 1. The second-order valence-electron chi connectivity index (χ2n) is 7.31. The van der Waals surface area contributed by atoms with E-state index < -0.39 is 0 Å². The van der Waals surface area contributed by atoms with Gasteiger partial charge in [-0.1, -0.05) is 0 Å². The number of aromatic nitrogens is 3. The molecule has 0 aliphatic carbocycles. The average Bonchev–Trinajstić information content (AvgIpc) is 2.85. The number of nitrogens with zero attached hydrogens (tertiary/aromatic N) is 5. The van der Waals surface area contributed by atoms with E-state index in [2.05, 4.69) is 27.2 Å². The molecular weight excluding hydrogens is 332 g/mol. The van der Waals surface area contributed by atoms with Gasteiger partial charge >= 0.3 is 0 Å². The normalized spacial score (nSPS) is 24.7. The molecule has 138 valence electrons. The molecule has 8 nitrogen and oxygen atoms in total. The molecule has 4 rings (SSSR count). The minimum atomic E-state index is -0.153. The van der Waals surface area contributed by atoms with Crippen LogP contribution in [0.3, 0.4) is 0 Å². The van der Waals surface area contributed by atoms with Crippen molar-refractivity contribution in [2.45, 2.75) is 31.7 Å². The second kappa shape index (κ2) is 6.35. The van der Waals surface area contributed by atoms with E-state index >= 15 is 0 Å². The second-order valence-corrected chi connectivity index (χ2v) is 7.31. The number of carbonyl (C=O) groups is 2. The van der Waals surface area contributed by atoms with Gasteiger partial charge in [-0.15, -0.1) is 0 Å². The first kappa shape index (κ1) is 17.0. The summed E-state index contributed by atoms with van der Waals surface area (Å²) in [5, 5.41) is 2.95. The molecule has 0 bridgehead atoms. The SMILES string of the molecule is Cc1nc2ncccn2c1C(=O)N1CCN(C)C2(CCNC(=O)CC2)C1. The molecule has 4 heterocycles. The highest BCUT2D eigenvalue weighted by Crippen LogP contribution is 2.31. The van der Waals surface area contributed by atoms with E-state index in [1.165, 1.54) is 0 Å². The quantitative estimate of drug-likeness (QED) is 0.803. The number of hydrogen-bond donors (Lipinski definition) is 1. The van der Waals surface area contributed by atoms with Crippen LogP contribution in [0.1, 0.15) is 35.4 Å². The number of rotatable bonds is 1. The summed E-state index contributed by atoms with van der Waals surface area (Å²) in [5.41, 5.74) is 1.12. The lowest BCUT2D eigenvalue weighted by Gasteiger charge is -2.49. The summed E-state index contributed by atoms with van der Waals surface area (Å²) in [5.74, 6) is 0.628. The lowest BCUT2D eigenvalue weighted by molar-refractivity contribution is -0.121. The summed E-state index contributed by atoms with van der Waals surface area (Å²) < 4.78 is 1.76. The van der Waals surface area contributed by atoms with Crippen molar-refractivity contribution in [2.24, 2.45) is 0 Å². The van der Waals surface area contributed by atoms with Crippen LogP contribution in [0.15, 0.2) is 18.5 Å². The number of nitrogens with one attached hydrogen (secondary N) is 1. The fourth-order valence-corrected chi connectivity index (χ4v) is 4.18. The van der Waals surface area contributed by atoms with E-state index in [1.54, 1.807) is 16.7 Å². The maximum Gasteiger partial charge on any atom is 0.272 e. The van der Waals surface area contributed by atoms with E-state index in [-0.39, 0.29) is 17.4 Å². The van der Waals surface area contributed by atoms with Crippen molar-refractivity contribution >= 4 is 17.6 Å². The zero-order chi connectivity index (χ0) is 18.3.